The summed E-state index contributed by atoms with van der Waals surface area (Å²) in [5.41, 5.74) is 9.06. The lowest BCUT2D eigenvalue weighted by Crippen LogP contribution is -2.11. The summed E-state index contributed by atoms with van der Waals surface area (Å²) in [6.45, 7) is 3.81. The fourth-order valence-corrected chi connectivity index (χ4v) is 3.08. The van der Waals surface area contributed by atoms with E-state index in [1.54, 1.807) is 11.3 Å². The number of nitrogens with two attached hydrogens (primary N) is 1. The van der Waals surface area contributed by atoms with Gasteiger partial charge in [-0.05, 0) is 52.2 Å². The third-order valence-electron chi connectivity index (χ3n) is 2.59. The predicted octanol–water partition coefficient (Wildman–Crippen LogP) is 3.69. The normalized spacial score (nSPS) is 10.7. The van der Waals surface area contributed by atoms with Gasteiger partial charge in [-0.2, -0.15) is 0 Å². The molecule has 0 amide bonds. The molecule has 0 aliphatic rings. The van der Waals surface area contributed by atoms with E-state index in [-0.39, 0.29) is 0 Å². The van der Waals surface area contributed by atoms with E-state index in [1.165, 1.54) is 14.2 Å². The molecule has 90 valence electrons. The molecule has 0 radical (unpaired) electrons. The maximum Gasteiger partial charge on any atom is 0.0701 e. The van der Waals surface area contributed by atoms with E-state index in [0.717, 1.165) is 24.3 Å². The summed E-state index contributed by atoms with van der Waals surface area (Å²) in [7, 11) is 0. The number of aryl methyl sites for hydroxylation is 1. The predicted molar refractivity (Wildman–Crippen MR) is 78.2 cm³/mol. The minimum Gasteiger partial charge on any atom is -0.399 e. The van der Waals surface area contributed by atoms with E-state index < -0.39 is 0 Å². The van der Waals surface area contributed by atoms with Crippen LogP contribution in [0.25, 0.3) is 0 Å². The van der Waals surface area contributed by atoms with Crippen molar-refractivity contribution in [2.24, 2.45) is 0 Å². The Morgan fingerprint density at radius 3 is 2.71 bits per heavy atom. The molecule has 0 spiro atoms. The first-order valence-electron chi connectivity index (χ1n) is 5.45. The Hall–Kier alpha value is -0.840. The average molecular weight is 311 g/mol. The van der Waals surface area contributed by atoms with Crippen molar-refractivity contribution < 1.29 is 0 Å². The number of anilines is 1. The standard InChI is InChI=1S/C13H15BrN2S/c1-9-6-10(2-4-12(9)15)7-16-8-11-3-5-13(14)17-11/h2-6,16H,7-8,15H2,1H3. The van der Waals surface area contributed by atoms with Gasteiger partial charge in [0.1, 0.15) is 0 Å². The lowest BCUT2D eigenvalue weighted by atomic mass is 10.1. The van der Waals surface area contributed by atoms with Crippen LogP contribution in [0.4, 0.5) is 5.69 Å². The van der Waals surface area contributed by atoms with Crippen molar-refractivity contribution in [3.05, 3.63) is 50.1 Å². The fourth-order valence-electron chi connectivity index (χ4n) is 1.62. The van der Waals surface area contributed by atoms with Gasteiger partial charge in [0.15, 0.2) is 0 Å². The van der Waals surface area contributed by atoms with Crippen molar-refractivity contribution in [1.29, 1.82) is 0 Å². The van der Waals surface area contributed by atoms with Crippen molar-refractivity contribution >= 4 is 33.0 Å². The topological polar surface area (TPSA) is 38.0 Å². The van der Waals surface area contributed by atoms with Crippen LogP contribution in [-0.4, -0.2) is 0 Å². The molecule has 1 aromatic heterocycles. The van der Waals surface area contributed by atoms with Crippen molar-refractivity contribution in [2.75, 3.05) is 5.73 Å². The molecule has 0 bridgehead atoms. The zero-order chi connectivity index (χ0) is 12.3. The number of hydrogen-bond donors (Lipinski definition) is 2. The Kier molecular flexibility index (Phi) is 4.20. The molecule has 0 aliphatic heterocycles. The Labute approximate surface area is 114 Å². The summed E-state index contributed by atoms with van der Waals surface area (Å²) in [4.78, 5) is 1.34. The van der Waals surface area contributed by atoms with Crippen LogP contribution < -0.4 is 11.1 Å². The lowest BCUT2D eigenvalue weighted by Gasteiger charge is -2.06. The molecule has 0 unspecified atom stereocenters. The van der Waals surface area contributed by atoms with Crippen LogP contribution in [0.5, 0.6) is 0 Å². The van der Waals surface area contributed by atoms with Gasteiger partial charge in [0.2, 0.25) is 0 Å². The van der Waals surface area contributed by atoms with Crippen LogP contribution in [-0.2, 0) is 13.1 Å². The Balaban J connectivity index is 1.87. The fraction of sp³-hybridized carbons (Fsp3) is 0.231. The molecule has 17 heavy (non-hydrogen) atoms. The summed E-state index contributed by atoms with van der Waals surface area (Å²) in [5.74, 6) is 0. The van der Waals surface area contributed by atoms with E-state index in [1.807, 2.05) is 13.0 Å². The molecule has 2 rings (SSSR count). The van der Waals surface area contributed by atoms with Crippen LogP contribution in [0.2, 0.25) is 0 Å². The van der Waals surface area contributed by atoms with Gasteiger partial charge in [-0.3, -0.25) is 0 Å². The number of nitrogen functional groups attached to an aromatic ring is 1. The maximum absolute atomic E-state index is 5.79. The molecular weight excluding hydrogens is 296 g/mol. The highest BCUT2D eigenvalue weighted by atomic mass is 79.9. The zero-order valence-corrected chi connectivity index (χ0v) is 12.1. The van der Waals surface area contributed by atoms with Gasteiger partial charge >= 0.3 is 0 Å². The van der Waals surface area contributed by atoms with Crippen LogP contribution >= 0.6 is 27.3 Å². The number of benzene rings is 1. The summed E-state index contributed by atoms with van der Waals surface area (Å²) in [6.07, 6.45) is 0. The van der Waals surface area contributed by atoms with Crippen LogP contribution in [0.3, 0.4) is 0 Å². The Bertz CT molecular complexity index is 508. The molecule has 0 atom stereocenters. The van der Waals surface area contributed by atoms with Crippen LogP contribution in [0.15, 0.2) is 34.1 Å². The number of hydrogen-bond acceptors (Lipinski definition) is 3. The van der Waals surface area contributed by atoms with E-state index >= 15 is 0 Å². The molecule has 2 aromatic rings. The van der Waals surface area contributed by atoms with Gasteiger partial charge in [0.05, 0.1) is 3.79 Å². The highest BCUT2D eigenvalue weighted by Gasteiger charge is 1.99. The lowest BCUT2D eigenvalue weighted by molar-refractivity contribution is 0.700. The summed E-state index contributed by atoms with van der Waals surface area (Å²) < 4.78 is 1.18. The van der Waals surface area contributed by atoms with E-state index in [0.29, 0.717) is 0 Å². The van der Waals surface area contributed by atoms with Crippen molar-refractivity contribution in [1.82, 2.24) is 5.32 Å². The number of halogens is 1. The minimum atomic E-state index is 0.857. The van der Waals surface area contributed by atoms with Gasteiger partial charge in [-0.25, -0.2) is 0 Å². The van der Waals surface area contributed by atoms with Gasteiger partial charge in [-0.15, -0.1) is 11.3 Å². The second-order valence-electron chi connectivity index (χ2n) is 4.00. The molecule has 3 N–H and O–H groups in total. The minimum absolute atomic E-state index is 0.857. The molecule has 0 aliphatic carbocycles. The Morgan fingerprint density at radius 1 is 1.24 bits per heavy atom. The van der Waals surface area contributed by atoms with Crippen molar-refractivity contribution in [3.8, 4) is 0 Å². The second-order valence-corrected chi connectivity index (χ2v) is 6.55. The summed E-state index contributed by atoms with van der Waals surface area (Å²) in [5, 5.41) is 3.43. The molecule has 4 heteroatoms. The summed E-state index contributed by atoms with van der Waals surface area (Å²) >= 11 is 5.23. The highest BCUT2D eigenvalue weighted by molar-refractivity contribution is 9.11. The van der Waals surface area contributed by atoms with Gasteiger partial charge in [0.25, 0.3) is 0 Å². The van der Waals surface area contributed by atoms with Gasteiger partial charge in [0, 0.05) is 23.7 Å². The molecule has 1 heterocycles. The number of rotatable bonds is 4. The zero-order valence-electron chi connectivity index (χ0n) is 9.66. The van der Waals surface area contributed by atoms with E-state index in [4.69, 9.17) is 5.73 Å². The highest BCUT2D eigenvalue weighted by Crippen LogP contribution is 2.21. The first-order chi connectivity index (χ1) is 8.15. The summed E-state index contributed by atoms with van der Waals surface area (Å²) in [6, 6.07) is 10.4. The SMILES string of the molecule is Cc1cc(CNCc2ccc(Br)s2)ccc1N. The van der Waals surface area contributed by atoms with Crippen LogP contribution in [0, 0.1) is 6.92 Å². The Morgan fingerprint density at radius 2 is 2.06 bits per heavy atom. The average Bonchev–Trinajstić information content (AvgIpc) is 2.70. The molecular formula is C13H15BrN2S. The number of thiophene rings is 1. The van der Waals surface area contributed by atoms with Gasteiger partial charge in [-0.1, -0.05) is 12.1 Å². The molecule has 1 aromatic carbocycles. The monoisotopic (exact) mass is 310 g/mol. The third-order valence-corrected chi connectivity index (χ3v) is 4.22. The van der Waals surface area contributed by atoms with Crippen molar-refractivity contribution in [3.63, 3.8) is 0 Å². The first-order valence-corrected chi connectivity index (χ1v) is 7.06. The smallest absolute Gasteiger partial charge is 0.0701 e. The quantitative estimate of drug-likeness (QED) is 0.845. The molecule has 2 nitrogen and oxygen atoms in total. The maximum atomic E-state index is 5.79. The molecule has 0 fully saturated rings. The molecule has 0 saturated heterocycles. The van der Waals surface area contributed by atoms with E-state index in [9.17, 15) is 0 Å². The molecule has 0 saturated carbocycles. The van der Waals surface area contributed by atoms with Crippen molar-refractivity contribution in [2.45, 2.75) is 20.0 Å². The largest absolute Gasteiger partial charge is 0.399 e. The van der Waals surface area contributed by atoms with E-state index in [2.05, 4.69) is 45.5 Å². The van der Waals surface area contributed by atoms with Crippen LogP contribution in [0.1, 0.15) is 16.0 Å². The first kappa shape index (κ1) is 12.6. The van der Waals surface area contributed by atoms with Gasteiger partial charge < -0.3 is 11.1 Å². The number of nitrogens with one attached hydrogen (secondary N) is 1. The third kappa shape index (κ3) is 3.56. The second kappa shape index (κ2) is 5.67.